The zero-order valence-corrected chi connectivity index (χ0v) is 14.2. The number of hydrogen-bond acceptors (Lipinski definition) is 3. The lowest BCUT2D eigenvalue weighted by atomic mass is 10.1. The molecule has 120 valence electrons. The lowest BCUT2D eigenvalue weighted by Gasteiger charge is -2.19. The van der Waals surface area contributed by atoms with Gasteiger partial charge in [-0.3, -0.25) is 4.79 Å². The normalized spacial score (nSPS) is 14.0. The summed E-state index contributed by atoms with van der Waals surface area (Å²) in [7, 11) is 0. The minimum atomic E-state index is 0.0378. The Balaban J connectivity index is 1.57. The molecule has 0 atom stereocenters. The molecule has 2 aromatic rings. The van der Waals surface area contributed by atoms with Gasteiger partial charge >= 0.3 is 0 Å². The first-order valence-corrected chi connectivity index (χ1v) is 9.04. The number of carbonyl (C=O) groups excluding carboxylic acids is 1. The van der Waals surface area contributed by atoms with E-state index >= 15 is 0 Å². The quantitative estimate of drug-likeness (QED) is 0.830. The van der Waals surface area contributed by atoms with Crippen molar-refractivity contribution in [2.75, 3.05) is 29.1 Å². The van der Waals surface area contributed by atoms with Gasteiger partial charge in [0, 0.05) is 29.4 Å². The number of amides is 1. The summed E-state index contributed by atoms with van der Waals surface area (Å²) < 4.78 is 0. The predicted molar refractivity (Wildman–Crippen MR) is 98.4 cm³/mol. The van der Waals surface area contributed by atoms with Crippen LogP contribution in [0, 0.1) is 6.92 Å². The van der Waals surface area contributed by atoms with Crippen LogP contribution < -0.4 is 10.2 Å². The van der Waals surface area contributed by atoms with E-state index in [9.17, 15) is 4.79 Å². The molecule has 1 N–H and O–H groups in total. The number of hydrogen-bond donors (Lipinski definition) is 1. The SMILES string of the molecule is Cc1cc(N2CCCC2)ccc1NC(=O)CSc1ccccc1. The highest BCUT2D eigenvalue weighted by atomic mass is 32.2. The highest BCUT2D eigenvalue weighted by Crippen LogP contribution is 2.26. The lowest BCUT2D eigenvalue weighted by Crippen LogP contribution is -2.18. The molecule has 3 nitrogen and oxygen atoms in total. The molecule has 3 rings (SSSR count). The highest BCUT2D eigenvalue weighted by Gasteiger charge is 2.13. The van der Waals surface area contributed by atoms with Gasteiger partial charge in [-0.2, -0.15) is 0 Å². The maximum Gasteiger partial charge on any atom is 0.234 e. The minimum absolute atomic E-state index is 0.0378. The monoisotopic (exact) mass is 326 g/mol. The summed E-state index contributed by atoms with van der Waals surface area (Å²) in [6.45, 7) is 4.33. The molecule has 2 aromatic carbocycles. The lowest BCUT2D eigenvalue weighted by molar-refractivity contribution is -0.113. The number of nitrogens with zero attached hydrogens (tertiary/aromatic N) is 1. The summed E-state index contributed by atoms with van der Waals surface area (Å²) in [5.74, 6) is 0.466. The van der Waals surface area contributed by atoms with Crippen molar-refractivity contribution in [1.82, 2.24) is 0 Å². The van der Waals surface area contributed by atoms with Crippen LogP contribution in [0.2, 0.25) is 0 Å². The molecule has 23 heavy (non-hydrogen) atoms. The Morgan fingerprint density at radius 2 is 1.87 bits per heavy atom. The smallest absolute Gasteiger partial charge is 0.234 e. The second kappa shape index (κ2) is 7.55. The van der Waals surface area contributed by atoms with Crippen LogP contribution in [0.3, 0.4) is 0 Å². The van der Waals surface area contributed by atoms with E-state index in [1.165, 1.54) is 18.5 Å². The van der Waals surface area contributed by atoms with E-state index in [-0.39, 0.29) is 5.91 Å². The first-order valence-electron chi connectivity index (χ1n) is 8.06. The molecule has 1 aliphatic rings. The third-order valence-electron chi connectivity index (χ3n) is 4.07. The maximum absolute atomic E-state index is 12.1. The van der Waals surface area contributed by atoms with Crippen LogP contribution in [0.1, 0.15) is 18.4 Å². The number of nitrogens with one attached hydrogen (secondary N) is 1. The number of benzene rings is 2. The number of anilines is 2. The Bertz CT molecular complexity index is 666. The summed E-state index contributed by atoms with van der Waals surface area (Å²) in [6, 6.07) is 16.3. The molecule has 1 aliphatic heterocycles. The van der Waals surface area contributed by atoms with E-state index in [2.05, 4.69) is 29.3 Å². The van der Waals surface area contributed by atoms with Gasteiger partial charge in [-0.05, 0) is 55.7 Å². The Hall–Kier alpha value is -1.94. The number of rotatable bonds is 5. The van der Waals surface area contributed by atoms with Crippen LogP contribution in [-0.2, 0) is 4.79 Å². The van der Waals surface area contributed by atoms with Gasteiger partial charge in [-0.1, -0.05) is 18.2 Å². The first-order chi connectivity index (χ1) is 11.2. The summed E-state index contributed by atoms with van der Waals surface area (Å²) in [5.41, 5.74) is 3.29. The highest BCUT2D eigenvalue weighted by molar-refractivity contribution is 8.00. The fraction of sp³-hybridized carbons (Fsp3) is 0.316. The molecule has 0 spiro atoms. The molecule has 4 heteroatoms. The van der Waals surface area contributed by atoms with Gasteiger partial charge in [0.2, 0.25) is 5.91 Å². The Morgan fingerprint density at radius 1 is 1.13 bits per heavy atom. The minimum Gasteiger partial charge on any atom is -0.372 e. The molecule has 0 aliphatic carbocycles. The summed E-state index contributed by atoms with van der Waals surface area (Å²) in [4.78, 5) is 15.7. The van der Waals surface area contributed by atoms with Gasteiger partial charge in [0.1, 0.15) is 0 Å². The molecule has 1 heterocycles. The standard InChI is InChI=1S/C19H22N2OS/c1-15-13-16(21-11-5-6-12-21)9-10-18(15)20-19(22)14-23-17-7-3-2-4-8-17/h2-4,7-10,13H,5-6,11-12,14H2,1H3,(H,20,22). The average molecular weight is 326 g/mol. The second-order valence-electron chi connectivity index (χ2n) is 5.84. The molecule has 0 saturated carbocycles. The third kappa shape index (κ3) is 4.29. The van der Waals surface area contributed by atoms with Gasteiger partial charge in [0.15, 0.2) is 0 Å². The maximum atomic E-state index is 12.1. The van der Waals surface area contributed by atoms with Crippen molar-refractivity contribution in [3.05, 3.63) is 54.1 Å². The van der Waals surface area contributed by atoms with Gasteiger partial charge < -0.3 is 10.2 Å². The molecule has 1 fully saturated rings. The number of carbonyl (C=O) groups is 1. The van der Waals surface area contributed by atoms with Crippen molar-refractivity contribution >= 4 is 29.0 Å². The summed E-state index contributed by atoms with van der Waals surface area (Å²) >= 11 is 1.56. The fourth-order valence-electron chi connectivity index (χ4n) is 2.81. The predicted octanol–water partition coefficient (Wildman–Crippen LogP) is 4.33. The van der Waals surface area contributed by atoms with Crippen molar-refractivity contribution in [3.8, 4) is 0 Å². The number of aryl methyl sites for hydroxylation is 1. The van der Waals surface area contributed by atoms with Crippen molar-refractivity contribution in [1.29, 1.82) is 0 Å². The van der Waals surface area contributed by atoms with Crippen LogP contribution in [0.4, 0.5) is 11.4 Å². The van der Waals surface area contributed by atoms with Crippen molar-refractivity contribution < 1.29 is 4.79 Å². The first kappa shape index (κ1) is 15.9. The van der Waals surface area contributed by atoms with Crippen molar-refractivity contribution in [2.24, 2.45) is 0 Å². The van der Waals surface area contributed by atoms with Gasteiger partial charge in [-0.25, -0.2) is 0 Å². The molecule has 0 aromatic heterocycles. The van der Waals surface area contributed by atoms with E-state index in [1.54, 1.807) is 11.8 Å². The van der Waals surface area contributed by atoms with Gasteiger partial charge in [0.05, 0.1) is 5.75 Å². The van der Waals surface area contributed by atoms with E-state index in [1.807, 2.05) is 36.4 Å². The van der Waals surface area contributed by atoms with E-state index in [4.69, 9.17) is 0 Å². The van der Waals surface area contributed by atoms with Gasteiger partial charge in [0.25, 0.3) is 0 Å². The third-order valence-corrected chi connectivity index (χ3v) is 5.08. The van der Waals surface area contributed by atoms with E-state index in [0.717, 1.165) is 29.2 Å². The van der Waals surface area contributed by atoms with Crippen molar-refractivity contribution in [3.63, 3.8) is 0 Å². The molecule has 1 saturated heterocycles. The Labute approximate surface area is 142 Å². The Morgan fingerprint density at radius 3 is 2.57 bits per heavy atom. The van der Waals surface area contributed by atoms with Crippen LogP contribution >= 0.6 is 11.8 Å². The largest absolute Gasteiger partial charge is 0.372 e. The molecule has 0 unspecified atom stereocenters. The summed E-state index contributed by atoms with van der Waals surface area (Å²) in [5, 5.41) is 3.02. The van der Waals surface area contributed by atoms with E-state index < -0.39 is 0 Å². The summed E-state index contributed by atoms with van der Waals surface area (Å²) in [6.07, 6.45) is 2.54. The second-order valence-corrected chi connectivity index (χ2v) is 6.89. The average Bonchev–Trinajstić information content (AvgIpc) is 3.10. The Kier molecular flexibility index (Phi) is 5.23. The van der Waals surface area contributed by atoms with Crippen LogP contribution in [-0.4, -0.2) is 24.7 Å². The zero-order valence-electron chi connectivity index (χ0n) is 13.4. The molecule has 1 amide bonds. The fourth-order valence-corrected chi connectivity index (χ4v) is 3.53. The molecule has 0 bridgehead atoms. The molecular formula is C19H22N2OS. The molecular weight excluding hydrogens is 304 g/mol. The topological polar surface area (TPSA) is 32.3 Å². The van der Waals surface area contributed by atoms with Crippen molar-refractivity contribution in [2.45, 2.75) is 24.7 Å². The molecule has 0 radical (unpaired) electrons. The van der Waals surface area contributed by atoms with Crippen LogP contribution in [0.5, 0.6) is 0 Å². The van der Waals surface area contributed by atoms with Crippen LogP contribution in [0.15, 0.2) is 53.4 Å². The van der Waals surface area contributed by atoms with Crippen LogP contribution in [0.25, 0.3) is 0 Å². The zero-order chi connectivity index (χ0) is 16.1. The number of thioether (sulfide) groups is 1. The van der Waals surface area contributed by atoms with Gasteiger partial charge in [-0.15, -0.1) is 11.8 Å². The van der Waals surface area contributed by atoms with E-state index in [0.29, 0.717) is 5.75 Å².